The number of nitrogens with one attached hydrogen (secondary N) is 1. The van der Waals surface area contributed by atoms with E-state index in [2.05, 4.69) is 29.0 Å². The van der Waals surface area contributed by atoms with Crippen molar-refractivity contribution in [2.45, 2.75) is 20.3 Å². The van der Waals surface area contributed by atoms with Crippen LogP contribution in [0.15, 0.2) is 40.5 Å². The molecule has 0 aliphatic rings. The third kappa shape index (κ3) is 3.28. The van der Waals surface area contributed by atoms with E-state index in [9.17, 15) is 4.79 Å². The number of nitrogens with zero attached hydrogens (tertiary/aromatic N) is 2. The van der Waals surface area contributed by atoms with Gasteiger partial charge >= 0.3 is 0 Å². The number of aromatic nitrogens is 2. The summed E-state index contributed by atoms with van der Waals surface area (Å²) in [5, 5.41) is 11.7. The highest BCUT2D eigenvalue weighted by Crippen LogP contribution is 2.23. The van der Waals surface area contributed by atoms with E-state index in [0.717, 1.165) is 23.2 Å². The molecule has 0 aromatic carbocycles. The first kappa shape index (κ1) is 14.8. The molecular formula is C15H18N4O2. The average Bonchev–Trinajstić information content (AvgIpc) is 2.47. The van der Waals surface area contributed by atoms with Crippen molar-refractivity contribution in [3.8, 4) is 11.1 Å². The topological polar surface area (TPSA) is 104 Å². The molecule has 2 rings (SSSR count). The Morgan fingerprint density at radius 1 is 1.43 bits per heavy atom. The maximum atomic E-state index is 12.1. The van der Waals surface area contributed by atoms with Crippen molar-refractivity contribution in [3.05, 3.63) is 52.2 Å². The highest BCUT2D eigenvalue weighted by molar-refractivity contribution is 5.97. The predicted octanol–water partition coefficient (Wildman–Crippen LogP) is 1.73. The Kier molecular flexibility index (Phi) is 4.37. The molecule has 2 aromatic heterocycles. The van der Waals surface area contributed by atoms with E-state index in [-0.39, 0.29) is 17.0 Å². The zero-order valence-electron chi connectivity index (χ0n) is 12.0. The Bertz CT molecular complexity index is 705. The van der Waals surface area contributed by atoms with Crippen molar-refractivity contribution >= 4 is 5.84 Å². The van der Waals surface area contributed by atoms with E-state index in [4.69, 9.17) is 10.9 Å². The minimum absolute atomic E-state index is 0.150. The zero-order valence-corrected chi connectivity index (χ0v) is 12.0. The summed E-state index contributed by atoms with van der Waals surface area (Å²) < 4.78 is 0. The normalized spacial score (nSPS) is 11.9. The molecule has 4 N–H and O–H groups in total. The van der Waals surface area contributed by atoms with Gasteiger partial charge in [0.05, 0.1) is 5.56 Å². The van der Waals surface area contributed by atoms with Gasteiger partial charge < -0.3 is 15.9 Å². The highest BCUT2D eigenvalue weighted by Gasteiger charge is 2.14. The summed E-state index contributed by atoms with van der Waals surface area (Å²) in [5.41, 5.74) is 7.95. The number of H-pyrrole nitrogens is 1. The highest BCUT2D eigenvalue weighted by atomic mass is 16.4. The van der Waals surface area contributed by atoms with Gasteiger partial charge in [0.15, 0.2) is 5.84 Å². The Balaban J connectivity index is 2.66. The standard InChI is InChI=1S/C15H18N4O2/c1-9(2)7-13-11(10-3-5-17-6-4-10)8-12(14(16)19-21)15(20)18-13/h3-6,8-9,21H,7H2,1-2H3,(H2,16,19)(H,18,20). The molecule has 0 atom stereocenters. The van der Waals surface area contributed by atoms with E-state index in [1.807, 2.05) is 12.1 Å². The summed E-state index contributed by atoms with van der Waals surface area (Å²) in [7, 11) is 0. The van der Waals surface area contributed by atoms with E-state index < -0.39 is 0 Å². The lowest BCUT2D eigenvalue weighted by atomic mass is 9.97. The van der Waals surface area contributed by atoms with Crippen molar-refractivity contribution in [3.63, 3.8) is 0 Å². The van der Waals surface area contributed by atoms with Crippen LogP contribution in [0.4, 0.5) is 0 Å². The minimum atomic E-state index is -0.362. The number of pyridine rings is 2. The second-order valence-electron chi connectivity index (χ2n) is 5.22. The maximum Gasteiger partial charge on any atom is 0.259 e. The fraction of sp³-hybridized carbons (Fsp3) is 0.267. The summed E-state index contributed by atoms with van der Waals surface area (Å²) in [4.78, 5) is 18.9. The van der Waals surface area contributed by atoms with Gasteiger partial charge in [-0.2, -0.15) is 0 Å². The van der Waals surface area contributed by atoms with Crippen LogP contribution < -0.4 is 11.3 Å². The second-order valence-corrected chi connectivity index (χ2v) is 5.22. The molecule has 0 radical (unpaired) electrons. The van der Waals surface area contributed by atoms with Gasteiger partial charge in [-0.25, -0.2) is 0 Å². The molecule has 0 spiro atoms. The molecule has 21 heavy (non-hydrogen) atoms. The van der Waals surface area contributed by atoms with E-state index in [0.29, 0.717) is 5.92 Å². The molecule has 110 valence electrons. The molecule has 6 nitrogen and oxygen atoms in total. The largest absolute Gasteiger partial charge is 0.409 e. The predicted molar refractivity (Wildman–Crippen MR) is 81.3 cm³/mol. The number of nitrogens with two attached hydrogens (primary N) is 1. The number of hydrogen-bond acceptors (Lipinski definition) is 4. The molecule has 0 bridgehead atoms. The van der Waals surface area contributed by atoms with Crippen molar-refractivity contribution < 1.29 is 5.21 Å². The number of hydrogen-bond donors (Lipinski definition) is 3. The van der Waals surface area contributed by atoms with Crippen LogP contribution in [0.3, 0.4) is 0 Å². The van der Waals surface area contributed by atoms with Gasteiger partial charge in [-0.3, -0.25) is 9.78 Å². The maximum absolute atomic E-state index is 12.1. The minimum Gasteiger partial charge on any atom is -0.409 e. The third-order valence-corrected chi connectivity index (χ3v) is 3.11. The quantitative estimate of drug-likeness (QED) is 0.344. The number of oxime groups is 1. The molecule has 6 heteroatoms. The number of rotatable bonds is 4. The summed E-state index contributed by atoms with van der Waals surface area (Å²) in [6.07, 6.45) is 4.09. The molecule has 0 saturated heterocycles. The molecule has 0 amide bonds. The first-order valence-electron chi connectivity index (χ1n) is 6.67. The van der Waals surface area contributed by atoms with E-state index in [1.54, 1.807) is 18.5 Å². The molecule has 0 aliphatic heterocycles. The molecule has 0 saturated carbocycles. The Morgan fingerprint density at radius 3 is 2.67 bits per heavy atom. The fourth-order valence-electron chi connectivity index (χ4n) is 2.17. The molecule has 0 unspecified atom stereocenters. The van der Waals surface area contributed by atoms with Gasteiger partial charge in [-0.05, 0) is 36.1 Å². The number of amidine groups is 1. The Labute approximate surface area is 122 Å². The molecule has 0 aliphatic carbocycles. The van der Waals surface area contributed by atoms with Crippen molar-refractivity contribution in [1.29, 1.82) is 0 Å². The Morgan fingerprint density at radius 2 is 2.10 bits per heavy atom. The first-order valence-corrected chi connectivity index (χ1v) is 6.67. The second kappa shape index (κ2) is 6.21. The van der Waals surface area contributed by atoms with Crippen LogP contribution in [0.1, 0.15) is 25.1 Å². The van der Waals surface area contributed by atoms with Gasteiger partial charge in [0.25, 0.3) is 5.56 Å². The van der Waals surface area contributed by atoms with Gasteiger partial charge in [-0.1, -0.05) is 19.0 Å². The van der Waals surface area contributed by atoms with Crippen LogP contribution >= 0.6 is 0 Å². The first-order chi connectivity index (χ1) is 10.0. The lowest BCUT2D eigenvalue weighted by molar-refractivity contribution is 0.318. The van der Waals surface area contributed by atoms with E-state index in [1.165, 1.54) is 0 Å². The van der Waals surface area contributed by atoms with Gasteiger partial charge in [-0.15, -0.1) is 0 Å². The zero-order chi connectivity index (χ0) is 15.4. The summed E-state index contributed by atoms with van der Waals surface area (Å²) in [5.74, 6) is 0.179. The van der Waals surface area contributed by atoms with Crippen molar-refractivity contribution in [2.75, 3.05) is 0 Å². The summed E-state index contributed by atoms with van der Waals surface area (Å²) in [6, 6.07) is 5.36. The lowest BCUT2D eigenvalue weighted by Crippen LogP contribution is -2.26. The average molecular weight is 286 g/mol. The van der Waals surface area contributed by atoms with Crippen molar-refractivity contribution in [1.82, 2.24) is 9.97 Å². The van der Waals surface area contributed by atoms with Crippen LogP contribution in [0.5, 0.6) is 0 Å². The lowest BCUT2D eigenvalue weighted by Gasteiger charge is -2.13. The molecular weight excluding hydrogens is 268 g/mol. The smallest absolute Gasteiger partial charge is 0.259 e. The van der Waals surface area contributed by atoms with Gasteiger partial charge in [0.1, 0.15) is 0 Å². The molecule has 2 heterocycles. The summed E-state index contributed by atoms with van der Waals surface area (Å²) in [6.45, 7) is 4.15. The molecule has 2 aromatic rings. The van der Waals surface area contributed by atoms with Crippen LogP contribution in [-0.2, 0) is 6.42 Å². The Hall–Kier alpha value is -2.63. The van der Waals surface area contributed by atoms with E-state index >= 15 is 0 Å². The van der Waals surface area contributed by atoms with Gasteiger partial charge in [0, 0.05) is 23.7 Å². The van der Waals surface area contributed by atoms with Crippen molar-refractivity contribution in [2.24, 2.45) is 16.8 Å². The fourth-order valence-corrected chi connectivity index (χ4v) is 2.17. The van der Waals surface area contributed by atoms with Gasteiger partial charge in [0.2, 0.25) is 0 Å². The molecule has 0 fully saturated rings. The number of aromatic amines is 1. The van der Waals surface area contributed by atoms with Crippen LogP contribution in [0.25, 0.3) is 11.1 Å². The van der Waals surface area contributed by atoms with Crippen LogP contribution in [0.2, 0.25) is 0 Å². The summed E-state index contributed by atoms with van der Waals surface area (Å²) >= 11 is 0. The SMILES string of the molecule is CC(C)Cc1[nH]c(=O)c(C(N)=NO)cc1-c1ccncc1. The van der Waals surface area contributed by atoms with Crippen LogP contribution in [-0.4, -0.2) is 21.0 Å². The van der Waals surface area contributed by atoms with Crippen LogP contribution in [0, 0.1) is 5.92 Å². The third-order valence-electron chi connectivity index (χ3n) is 3.11. The monoisotopic (exact) mass is 286 g/mol.